The molecular formula is C15H22FNO. The number of halogens is 1. The number of nitrogens with one attached hydrogen (secondary N) is 1. The minimum Gasteiger partial charge on any atom is -0.496 e. The molecule has 1 aliphatic carbocycles. The van der Waals surface area contributed by atoms with Gasteiger partial charge in [0.1, 0.15) is 11.6 Å². The van der Waals surface area contributed by atoms with E-state index in [1.54, 1.807) is 19.2 Å². The first-order valence-corrected chi connectivity index (χ1v) is 6.77. The van der Waals surface area contributed by atoms with Gasteiger partial charge in [0, 0.05) is 11.6 Å². The largest absolute Gasteiger partial charge is 0.496 e. The van der Waals surface area contributed by atoms with Gasteiger partial charge in [0.15, 0.2) is 0 Å². The van der Waals surface area contributed by atoms with Crippen LogP contribution in [-0.4, -0.2) is 14.2 Å². The minimum atomic E-state index is -0.193. The lowest BCUT2D eigenvalue weighted by Crippen LogP contribution is -2.27. The molecule has 0 saturated heterocycles. The Morgan fingerprint density at radius 3 is 2.61 bits per heavy atom. The van der Waals surface area contributed by atoms with Crippen molar-refractivity contribution in [2.45, 2.75) is 38.1 Å². The van der Waals surface area contributed by atoms with Crippen molar-refractivity contribution in [3.63, 3.8) is 0 Å². The Balaban J connectivity index is 2.27. The van der Waals surface area contributed by atoms with Crippen LogP contribution in [0.4, 0.5) is 4.39 Å². The van der Waals surface area contributed by atoms with E-state index < -0.39 is 0 Å². The van der Waals surface area contributed by atoms with Gasteiger partial charge in [0.05, 0.1) is 7.11 Å². The fourth-order valence-electron chi connectivity index (χ4n) is 3.06. The Hall–Kier alpha value is -1.09. The molecule has 3 heteroatoms. The number of benzene rings is 1. The Morgan fingerprint density at radius 1 is 1.28 bits per heavy atom. The van der Waals surface area contributed by atoms with Crippen molar-refractivity contribution in [1.82, 2.24) is 5.32 Å². The summed E-state index contributed by atoms with van der Waals surface area (Å²) >= 11 is 0. The molecule has 2 nitrogen and oxygen atoms in total. The number of hydrogen-bond donors (Lipinski definition) is 1. The van der Waals surface area contributed by atoms with Gasteiger partial charge in [-0.15, -0.1) is 0 Å². The third kappa shape index (κ3) is 2.83. The summed E-state index contributed by atoms with van der Waals surface area (Å²) in [5, 5.41) is 3.34. The summed E-state index contributed by atoms with van der Waals surface area (Å²) in [5.41, 5.74) is 0.951. The van der Waals surface area contributed by atoms with Crippen molar-refractivity contribution in [2.75, 3.05) is 14.2 Å². The van der Waals surface area contributed by atoms with Crippen LogP contribution >= 0.6 is 0 Å². The Labute approximate surface area is 109 Å². The third-order valence-electron chi connectivity index (χ3n) is 3.96. The number of rotatable bonds is 4. The Morgan fingerprint density at radius 2 is 2.00 bits per heavy atom. The van der Waals surface area contributed by atoms with E-state index in [9.17, 15) is 4.39 Å². The fraction of sp³-hybridized carbons (Fsp3) is 0.600. The standard InChI is InChI=1S/C15H22FNO/c1-17-15(11-6-4-3-5-7-11)13-10-12(16)8-9-14(13)18-2/h8-11,15,17H,3-7H2,1-2H3. The molecule has 1 aromatic rings. The minimum absolute atomic E-state index is 0.191. The van der Waals surface area contributed by atoms with Crippen molar-refractivity contribution >= 4 is 0 Å². The molecule has 0 aromatic heterocycles. The lowest BCUT2D eigenvalue weighted by Gasteiger charge is -2.31. The second kappa shape index (κ2) is 6.19. The van der Waals surface area contributed by atoms with Crippen molar-refractivity contribution in [1.29, 1.82) is 0 Å². The highest BCUT2D eigenvalue weighted by atomic mass is 19.1. The maximum atomic E-state index is 13.5. The lowest BCUT2D eigenvalue weighted by molar-refractivity contribution is 0.274. The van der Waals surface area contributed by atoms with Gasteiger partial charge in [-0.1, -0.05) is 19.3 Å². The lowest BCUT2D eigenvalue weighted by atomic mass is 9.81. The molecule has 0 aliphatic heterocycles. The van der Waals surface area contributed by atoms with Crippen molar-refractivity contribution in [3.05, 3.63) is 29.6 Å². The van der Waals surface area contributed by atoms with Crippen molar-refractivity contribution in [2.24, 2.45) is 5.92 Å². The molecule has 1 aromatic carbocycles. The van der Waals surface area contributed by atoms with Crippen LogP contribution in [0.15, 0.2) is 18.2 Å². The molecule has 1 unspecified atom stereocenters. The molecule has 100 valence electrons. The van der Waals surface area contributed by atoms with E-state index in [1.807, 2.05) is 7.05 Å². The average molecular weight is 251 g/mol. The molecule has 0 amide bonds. The van der Waals surface area contributed by atoms with Crippen LogP contribution in [-0.2, 0) is 0 Å². The van der Waals surface area contributed by atoms with Gasteiger partial charge >= 0.3 is 0 Å². The van der Waals surface area contributed by atoms with E-state index in [1.165, 1.54) is 38.2 Å². The highest BCUT2D eigenvalue weighted by Crippen LogP contribution is 2.37. The zero-order valence-corrected chi connectivity index (χ0v) is 11.2. The quantitative estimate of drug-likeness (QED) is 0.881. The molecule has 0 bridgehead atoms. The van der Waals surface area contributed by atoms with Gasteiger partial charge in [0.25, 0.3) is 0 Å². The van der Waals surface area contributed by atoms with Gasteiger partial charge in [0.2, 0.25) is 0 Å². The topological polar surface area (TPSA) is 21.3 Å². The first-order valence-electron chi connectivity index (χ1n) is 6.77. The molecule has 1 atom stereocenters. The monoisotopic (exact) mass is 251 g/mol. The molecule has 1 aliphatic rings. The summed E-state index contributed by atoms with van der Waals surface area (Å²) < 4.78 is 18.8. The number of methoxy groups -OCH3 is 1. The number of ether oxygens (including phenoxy) is 1. The average Bonchev–Trinajstić information content (AvgIpc) is 2.41. The molecule has 18 heavy (non-hydrogen) atoms. The molecule has 1 N–H and O–H groups in total. The van der Waals surface area contributed by atoms with E-state index >= 15 is 0 Å². The van der Waals surface area contributed by atoms with Crippen LogP contribution in [0.5, 0.6) is 5.75 Å². The first-order chi connectivity index (χ1) is 8.76. The summed E-state index contributed by atoms with van der Waals surface area (Å²) in [6.45, 7) is 0. The predicted octanol–water partition coefficient (Wildman–Crippen LogP) is 3.68. The Bertz CT molecular complexity index is 388. The van der Waals surface area contributed by atoms with Crippen LogP contribution in [0.25, 0.3) is 0 Å². The molecule has 0 spiro atoms. The van der Waals surface area contributed by atoms with Gasteiger partial charge < -0.3 is 10.1 Å². The summed E-state index contributed by atoms with van der Waals surface area (Å²) in [6.07, 6.45) is 6.31. The molecule has 1 fully saturated rings. The number of hydrogen-bond acceptors (Lipinski definition) is 2. The van der Waals surface area contributed by atoms with Crippen LogP contribution in [0, 0.1) is 11.7 Å². The first kappa shape index (κ1) is 13.3. The van der Waals surface area contributed by atoms with Crippen LogP contribution in [0.1, 0.15) is 43.7 Å². The van der Waals surface area contributed by atoms with E-state index in [0.29, 0.717) is 5.92 Å². The van der Waals surface area contributed by atoms with Gasteiger partial charge in [-0.2, -0.15) is 0 Å². The molecular weight excluding hydrogens is 229 g/mol. The smallest absolute Gasteiger partial charge is 0.123 e. The zero-order chi connectivity index (χ0) is 13.0. The maximum Gasteiger partial charge on any atom is 0.123 e. The van der Waals surface area contributed by atoms with Crippen molar-refractivity contribution in [3.8, 4) is 5.75 Å². The highest BCUT2D eigenvalue weighted by Gasteiger charge is 2.26. The van der Waals surface area contributed by atoms with Crippen molar-refractivity contribution < 1.29 is 9.13 Å². The third-order valence-corrected chi connectivity index (χ3v) is 3.96. The summed E-state index contributed by atoms with van der Waals surface area (Å²) in [4.78, 5) is 0. The van der Waals surface area contributed by atoms with E-state index in [2.05, 4.69) is 5.32 Å². The SMILES string of the molecule is CNC(c1cc(F)ccc1OC)C1CCCCC1. The van der Waals surface area contributed by atoms with Gasteiger partial charge in [-0.25, -0.2) is 4.39 Å². The summed E-state index contributed by atoms with van der Waals surface area (Å²) in [5.74, 6) is 1.17. The maximum absolute atomic E-state index is 13.5. The van der Waals surface area contributed by atoms with Gasteiger partial charge in [-0.3, -0.25) is 0 Å². The van der Waals surface area contributed by atoms with E-state index in [0.717, 1.165) is 11.3 Å². The van der Waals surface area contributed by atoms with Crippen LogP contribution < -0.4 is 10.1 Å². The zero-order valence-electron chi connectivity index (χ0n) is 11.2. The van der Waals surface area contributed by atoms with E-state index in [4.69, 9.17) is 4.74 Å². The van der Waals surface area contributed by atoms with Crippen LogP contribution in [0.3, 0.4) is 0 Å². The normalized spacial score (nSPS) is 18.6. The predicted molar refractivity (Wildman–Crippen MR) is 71.3 cm³/mol. The molecule has 0 heterocycles. The second-order valence-electron chi connectivity index (χ2n) is 5.05. The van der Waals surface area contributed by atoms with Gasteiger partial charge in [-0.05, 0) is 44.0 Å². The Kier molecular flexibility index (Phi) is 4.59. The summed E-state index contributed by atoms with van der Waals surface area (Å²) in [7, 11) is 3.59. The summed E-state index contributed by atoms with van der Waals surface area (Å²) in [6, 6.07) is 4.97. The fourth-order valence-corrected chi connectivity index (χ4v) is 3.06. The highest BCUT2D eigenvalue weighted by molar-refractivity contribution is 5.37. The van der Waals surface area contributed by atoms with Crippen LogP contribution in [0.2, 0.25) is 0 Å². The molecule has 1 saturated carbocycles. The molecule has 2 rings (SSSR count). The molecule has 0 radical (unpaired) electrons. The van der Waals surface area contributed by atoms with E-state index in [-0.39, 0.29) is 11.9 Å². The second-order valence-corrected chi connectivity index (χ2v) is 5.05.